The molecule has 20 heavy (non-hydrogen) atoms. The van der Waals surface area contributed by atoms with Crippen LogP contribution in [-0.4, -0.2) is 39.5 Å². The first-order valence-electron chi connectivity index (χ1n) is 6.45. The van der Waals surface area contributed by atoms with Gasteiger partial charge in [0, 0.05) is 12.1 Å². The van der Waals surface area contributed by atoms with E-state index in [0.717, 1.165) is 16.6 Å². The van der Waals surface area contributed by atoms with E-state index >= 15 is 0 Å². The molecule has 1 amide bonds. The highest BCUT2D eigenvalue weighted by atomic mass is 32.1. The lowest BCUT2D eigenvalue weighted by Crippen LogP contribution is -2.42. The zero-order chi connectivity index (χ0) is 14.3. The number of carbonyl (C=O) groups excluding carboxylic acids is 1. The largest absolute Gasteiger partial charge is 0.480 e. The Kier molecular flexibility index (Phi) is 3.17. The second kappa shape index (κ2) is 4.86. The maximum Gasteiger partial charge on any atom is 0.326 e. The number of hydrogen-bond donors (Lipinski definition) is 1. The number of nitrogens with zero attached hydrogens (tertiary/aromatic N) is 2. The summed E-state index contributed by atoms with van der Waals surface area (Å²) in [7, 11) is 0. The number of aromatic nitrogens is 1. The molecule has 0 saturated carbocycles. The van der Waals surface area contributed by atoms with E-state index in [9.17, 15) is 14.7 Å². The van der Waals surface area contributed by atoms with Crippen LogP contribution in [0.25, 0.3) is 10.2 Å². The quantitative estimate of drug-likeness (QED) is 0.920. The number of rotatable bonds is 2. The SMILES string of the molecule is CC1CCN(C(=O)c2ccc3ncsc3c2)C1C(=O)O. The first-order valence-corrected chi connectivity index (χ1v) is 7.33. The predicted molar refractivity (Wildman–Crippen MR) is 75.9 cm³/mol. The molecule has 2 unspecified atom stereocenters. The van der Waals surface area contributed by atoms with E-state index in [0.29, 0.717) is 12.1 Å². The van der Waals surface area contributed by atoms with Crippen molar-refractivity contribution in [3.63, 3.8) is 0 Å². The first kappa shape index (κ1) is 13.1. The van der Waals surface area contributed by atoms with Gasteiger partial charge in [0.25, 0.3) is 5.91 Å². The van der Waals surface area contributed by atoms with Crippen LogP contribution in [0, 0.1) is 5.92 Å². The molecule has 1 aromatic heterocycles. The summed E-state index contributed by atoms with van der Waals surface area (Å²) in [4.78, 5) is 29.5. The molecule has 6 heteroatoms. The summed E-state index contributed by atoms with van der Waals surface area (Å²) in [6, 6.07) is 4.58. The van der Waals surface area contributed by atoms with E-state index in [1.807, 2.05) is 6.92 Å². The number of aliphatic carboxylic acids is 1. The fraction of sp³-hybridized carbons (Fsp3) is 0.357. The summed E-state index contributed by atoms with van der Waals surface area (Å²) < 4.78 is 0.940. The van der Waals surface area contributed by atoms with Gasteiger partial charge in [-0.15, -0.1) is 11.3 Å². The van der Waals surface area contributed by atoms with E-state index in [2.05, 4.69) is 4.98 Å². The van der Waals surface area contributed by atoms with Crippen LogP contribution in [0.4, 0.5) is 0 Å². The minimum atomic E-state index is -0.929. The average molecular weight is 290 g/mol. The molecule has 2 aromatic rings. The van der Waals surface area contributed by atoms with Gasteiger partial charge in [0.2, 0.25) is 0 Å². The van der Waals surface area contributed by atoms with Crippen LogP contribution in [0.5, 0.6) is 0 Å². The molecule has 3 rings (SSSR count). The van der Waals surface area contributed by atoms with E-state index < -0.39 is 12.0 Å². The summed E-state index contributed by atoms with van der Waals surface area (Å²) in [5.74, 6) is -1.15. The topological polar surface area (TPSA) is 70.5 Å². The first-order chi connectivity index (χ1) is 9.58. The molecule has 1 aliphatic heterocycles. The molecule has 1 fully saturated rings. The molecule has 0 spiro atoms. The van der Waals surface area contributed by atoms with Crippen LogP contribution in [0.15, 0.2) is 23.7 Å². The van der Waals surface area contributed by atoms with Crippen LogP contribution >= 0.6 is 11.3 Å². The van der Waals surface area contributed by atoms with Gasteiger partial charge < -0.3 is 10.0 Å². The summed E-state index contributed by atoms with van der Waals surface area (Å²) in [6.45, 7) is 2.37. The van der Waals surface area contributed by atoms with Crippen molar-refractivity contribution in [3.05, 3.63) is 29.3 Å². The number of benzene rings is 1. The fourth-order valence-corrected chi connectivity index (χ4v) is 3.42. The number of carboxylic acid groups (broad SMARTS) is 1. The third-order valence-corrected chi connectivity index (χ3v) is 4.58. The van der Waals surface area contributed by atoms with E-state index in [1.54, 1.807) is 23.7 Å². The Morgan fingerprint density at radius 1 is 1.45 bits per heavy atom. The molecule has 5 nitrogen and oxygen atoms in total. The van der Waals surface area contributed by atoms with Crippen LogP contribution in [-0.2, 0) is 4.79 Å². The van der Waals surface area contributed by atoms with Crippen LogP contribution < -0.4 is 0 Å². The maximum absolute atomic E-state index is 12.5. The van der Waals surface area contributed by atoms with Gasteiger partial charge in [0.05, 0.1) is 15.7 Å². The number of amides is 1. The Balaban J connectivity index is 1.93. The predicted octanol–water partition coefficient (Wildman–Crippen LogP) is 2.23. The van der Waals surface area contributed by atoms with Crippen molar-refractivity contribution >= 4 is 33.4 Å². The number of thiazole rings is 1. The van der Waals surface area contributed by atoms with E-state index in [4.69, 9.17) is 0 Å². The molecular formula is C14H14N2O3S. The smallest absolute Gasteiger partial charge is 0.326 e. The summed E-state index contributed by atoms with van der Waals surface area (Å²) in [5, 5.41) is 9.29. The molecular weight excluding hydrogens is 276 g/mol. The van der Waals surface area contributed by atoms with Crippen molar-refractivity contribution in [2.24, 2.45) is 5.92 Å². The summed E-state index contributed by atoms with van der Waals surface area (Å²) >= 11 is 1.47. The van der Waals surface area contributed by atoms with Crippen molar-refractivity contribution in [3.8, 4) is 0 Å². The van der Waals surface area contributed by atoms with Crippen molar-refractivity contribution in [2.45, 2.75) is 19.4 Å². The Morgan fingerprint density at radius 2 is 2.25 bits per heavy atom. The van der Waals surface area contributed by atoms with Crippen molar-refractivity contribution in [2.75, 3.05) is 6.54 Å². The second-order valence-corrected chi connectivity index (χ2v) is 5.97. The summed E-state index contributed by atoms with van der Waals surface area (Å²) in [6.07, 6.45) is 0.728. The number of likely N-dealkylation sites (tertiary alicyclic amines) is 1. The molecule has 2 heterocycles. The van der Waals surface area contributed by atoms with Crippen LogP contribution in [0.3, 0.4) is 0 Å². The Morgan fingerprint density at radius 3 is 3.00 bits per heavy atom. The van der Waals surface area contributed by atoms with Crippen molar-refractivity contribution in [1.29, 1.82) is 0 Å². The van der Waals surface area contributed by atoms with Crippen molar-refractivity contribution < 1.29 is 14.7 Å². The highest BCUT2D eigenvalue weighted by Gasteiger charge is 2.39. The zero-order valence-electron chi connectivity index (χ0n) is 10.9. The Labute approximate surface area is 119 Å². The minimum Gasteiger partial charge on any atom is -0.480 e. The molecule has 0 bridgehead atoms. The average Bonchev–Trinajstić information content (AvgIpc) is 3.02. The monoisotopic (exact) mass is 290 g/mol. The highest BCUT2D eigenvalue weighted by Crippen LogP contribution is 2.27. The van der Waals surface area contributed by atoms with Gasteiger partial charge >= 0.3 is 5.97 Å². The lowest BCUT2D eigenvalue weighted by molar-refractivity contribution is -0.142. The van der Waals surface area contributed by atoms with Gasteiger partial charge in [-0.25, -0.2) is 9.78 Å². The van der Waals surface area contributed by atoms with Crippen LogP contribution in [0.1, 0.15) is 23.7 Å². The standard InChI is InChI=1S/C14H14N2O3S/c1-8-4-5-16(12(8)14(18)19)13(17)9-2-3-10-11(6-9)20-7-15-10/h2-3,6-8,12H,4-5H2,1H3,(H,18,19). The van der Waals surface area contributed by atoms with E-state index in [1.165, 1.54) is 16.2 Å². The number of fused-ring (bicyclic) bond motifs is 1. The minimum absolute atomic E-state index is 0.0106. The zero-order valence-corrected chi connectivity index (χ0v) is 11.8. The molecule has 0 radical (unpaired) electrons. The van der Waals surface area contributed by atoms with Gasteiger partial charge in [0.15, 0.2) is 0 Å². The third kappa shape index (κ3) is 2.06. The molecule has 2 atom stereocenters. The van der Waals surface area contributed by atoms with Gasteiger partial charge in [-0.1, -0.05) is 6.92 Å². The number of carboxylic acids is 1. The third-order valence-electron chi connectivity index (χ3n) is 3.79. The molecule has 1 aliphatic rings. The molecule has 1 saturated heterocycles. The fourth-order valence-electron chi connectivity index (χ4n) is 2.71. The molecule has 0 aliphatic carbocycles. The summed E-state index contributed by atoms with van der Waals surface area (Å²) in [5.41, 5.74) is 3.12. The molecule has 1 aromatic carbocycles. The second-order valence-electron chi connectivity index (χ2n) is 5.08. The van der Waals surface area contributed by atoms with Crippen LogP contribution in [0.2, 0.25) is 0 Å². The van der Waals surface area contributed by atoms with Gasteiger partial charge in [0.1, 0.15) is 6.04 Å². The highest BCUT2D eigenvalue weighted by molar-refractivity contribution is 7.16. The molecule has 1 N–H and O–H groups in total. The Hall–Kier alpha value is -1.95. The lowest BCUT2D eigenvalue weighted by atomic mass is 10.0. The number of hydrogen-bond acceptors (Lipinski definition) is 4. The van der Waals surface area contributed by atoms with Gasteiger partial charge in [-0.3, -0.25) is 4.79 Å². The van der Waals surface area contributed by atoms with E-state index in [-0.39, 0.29) is 11.8 Å². The maximum atomic E-state index is 12.5. The van der Waals surface area contributed by atoms with Gasteiger partial charge in [-0.2, -0.15) is 0 Å². The Bertz CT molecular complexity index is 682. The lowest BCUT2D eigenvalue weighted by Gasteiger charge is -2.23. The number of carbonyl (C=O) groups is 2. The normalized spacial score (nSPS) is 22.4. The van der Waals surface area contributed by atoms with Crippen molar-refractivity contribution in [1.82, 2.24) is 9.88 Å². The molecule has 104 valence electrons. The van der Waals surface area contributed by atoms with Gasteiger partial charge in [-0.05, 0) is 30.5 Å².